The Morgan fingerprint density at radius 3 is 0.850 bits per heavy atom. The first-order chi connectivity index (χ1) is 18.2. The van der Waals surface area contributed by atoms with Crippen molar-refractivity contribution in [3.05, 3.63) is 91.0 Å². The Hall–Kier alpha value is -2.83. The van der Waals surface area contributed by atoms with Gasteiger partial charge in [-0.2, -0.15) is 43.9 Å². The first-order valence-corrected chi connectivity index (χ1v) is 14.8. The van der Waals surface area contributed by atoms with E-state index in [0.29, 0.717) is 0 Å². The molecular weight excluding hydrogens is 628 g/mol. The van der Waals surface area contributed by atoms with Gasteiger partial charge in [0.25, 0.3) is 0 Å². The Bertz CT molecular complexity index is 1390. The van der Waals surface area contributed by atoms with Gasteiger partial charge in [-0.3, -0.25) is 0 Å². The molecule has 0 aliphatic carbocycles. The van der Waals surface area contributed by atoms with Gasteiger partial charge in [-0.1, -0.05) is 64.8 Å². The molecule has 0 saturated carbocycles. The fraction of sp³-hybridized carbons (Fsp3) is 0.182. The zero-order valence-corrected chi connectivity index (χ0v) is 21.7. The summed E-state index contributed by atoms with van der Waals surface area (Å²) in [6.07, 6.45) is -14.3. The van der Waals surface area contributed by atoms with Gasteiger partial charge in [-0.05, 0) is 39.5 Å². The van der Waals surface area contributed by atoms with Crippen LogP contribution in [0.5, 0.6) is 0 Å². The van der Waals surface area contributed by atoms with Crippen molar-refractivity contribution in [2.45, 2.75) is 37.5 Å². The summed E-state index contributed by atoms with van der Waals surface area (Å²) < 4.78 is 190. The van der Waals surface area contributed by atoms with E-state index in [1.807, 2.05) is 0 Å². The first-order valence-electron chi connectivity index (χ1n) is 10.4. The van der Waals surface area contributed by atoms with Crippen LogP contribution in [0, 0.1) is 0 Å². The Labute approximate surface area is 222 Å². The van der Waals surface area contributed by atoms with Crippen LogP contribution in [0.2, 0.25) is 0 Å². The highest BCUT2D eigenvalue weighted by Gasteiger charge is 2.78. The number of alkyl halides is 10. The van der Waals surface area contributed by atoms with Gasteiger partial charge in [0.15, 0.2) is 0 Å². The fourth-order valence-electron chi connectivity index (χ4n) is 3.42. The Kier molecular flexibility index (Phi) is 8.10. The summed E-state index contributed by atoms with van der Waals surface area (Å²) in [7, 11) is -21.1. The standard InChI is InChI=1S/C22H15F10NO4S3/c23-19(24,25)21(29,30)39(34,35)33(40(36,37)22(31,32)20(26,27)28)38(16-10-4-1-5-11-16,17-12-6-2-7-13-17)18-14-8-3-9-15-18/h1-15H. The molecule has 0 N–H and O–H groups in total. The van der Waals surface area contributed by atoms with E-state index >= 15 is 0 Å². The van der Waals surface area contributed by atoms with Crippen molar-refractivity contribution >= 4 is 30.3 Å². The largest absolute Gasteiger partial charge is 0.471 e. The molecule has 3 rings (SSSR count). The lowest BCUT2D eigenvalue weighted by molar-refractivity contribution is -0.243. The molecule has 0 aliphatic heterocycles. The zero-order valence-electron chi connectivity index (χ0n) is 19.2. The second-order valence-electron chi connectivity index (χ2n) is 7.72. The Morgan fingerprint density at radius 2 is 0.650 bits per heavy atom. The maximum Gasteiger partial charge on any atom is 0.471 e. The SMILES string of the molecule is O=S(=O)(N(S(c1ccccc1)(c1ccccc1)c1ccccc1)S(=O)(=O)C(F)(F)C(F)(F)F)C(F)(F)C(F)(F)F. The Morgan fingerprint density at radius 1 is 0.425 bits per heavy atom. The van der Waals surface area contributed by atoms with Crippen molar-refractivity contribution < 1.29 is 60.7 Å². The lowest BCUT2D eigenvalue weighted by atomic mass is 10.4. The smallest absolute Gasteiger partial charge is 0.204 e. The van der Waals surface area contributed by atoms with Gasteiger partial charge < -0.3 is 0 Å². The number of rotatable bonds is 8. The minimum Gasteiger partial charge on any atom is -0.204 e. The number of benzene rings is 3. The maximum absolute atomic E-state index is 14.7. The molecule has 0 aliphatic rings. The summed E-state index contributed by atoms with van der Waals surface area (Å²) in [6, 6.07) is 14.5. The third-order valence-corrected chi connectivity index (χ3v) is 14.7. The second-order valence-corrected chi connectivity index (χ2v) is 15.0. The molecule has 0 unspecified atom stereocenters. The van der Waals surface area contributed by atoms with Gasteiger partial charge in [-0.25, -0.2) is 16.8 Å². The normalized spacial score (nSPS) is 14.8. The number of hydrogen-bond acceptors (Lipinski definition) is 4. The lowest BCUT2D eigenvalue weighted by Gasteiger charge is -2.48. The molecule has 0 fully saturated rings. The number of nitrogens with zero attached hydrogens (tertiary/aromatic N) is 1. The van der Waals surface area contributed by atoms with Crippen molar-refractivity contribution in [2.75, 3.05) is 0 Å². The predicted molar refractivity (Wildman–Crippen MR) is 123 cm³/mol. The van der Waals surface area contributed by atoms with E-state index in [0.717, 1.165) is 72.8 Å². The summed E-state index contributed by atoms with van der Waals surface area (Å²) in [6.45, 7) is 0. The van der Waals surface area contributed by atoms with Gasteiger partial charge >= 0.3 is 42.9 Å². The second kappa shape index (κ2) is 10.2. The summed E-state index contributed by atoms with van der Waals surface area (Å²) >= 11 is 0. The van der Waals surface area contributed by atoms with Gasteiger partial charge in [0.2, 0.25) is 0 Å². The third kappa shape index (κ3) is 4.73. The summed E-state index contributed by atoms with van der Waals surface area (Å²) in [5.41, 5.74) is 0. The van der Waals surface area contributed by atoms with Crippen LogP contribution in [0.3, 0.4) is 0 Å². The quantitative estimate of drug-likeness (QED) is 0.245. The molecule has 3 aromatic rings. The van der Waals surface area contributed by atoms with E-state index < -0.39 is 70.9 Å². The van der Waals surface area contributed by atoms with E-state index in [4.69, 9.17) is 0 Å². The van der Waals surface area contributed by atoms with Gasteiger partial charge in [0.1, 0.15) is 0 Å². The minimum absolute atomic E-state index is 0.782. The van der Waals surface area contributed by atoms with E-state index in [1.165, 1.54) is 18.2 Å². The van der Waals surface area contributed by atoms with Crippen LogP contribution in [0.15, 0.2) is 106 Å². The Balaban J connectivity index is 2.76. The van der Waals surface area contributed by atoms with Gasteiger partial charge in [0, 0.05) is 14.7 Å². The third-order valence-electron chi connectivity index (χ3n) is 5.18. The van der Waals surface area contributed by atoms with Gasteiger partial charge in [0.05, 0.1) is 0 Å². The molecule has 0 atom stereocenters. The molecule has 0 radical (unpaired) electrons. The monoisotopic (exact) mass is 643 g/mol. The average Bonchev–Trinajstić information content (AvgIpc) is 2.87. The van der Waals surface area contributed by atoms with Crippen LogP contribution in [-0.2, 0) is 20.0 Å². The van der Waals surface area contributed by atoms with Crippen LogP contribution in [0.25, 0.3) is 0 Å². The summed E-state index contributed by atoms with van der Waals surface area (Å²) in [5.74, 6) is 0. The molecule has 18 heteroatoms. The maximum atomic E-state index is 14.7. The zero-order chi connectivity index (χ0) is 30.4. The minimum atomic E-state index is -8.02. The summed E-state index contributed by atoms with van der Waals surface area (Å²) in [4.78, 5) is -2.35. The van der Waals surface area contributed by atoms with E-state index in [1.54, 1.807) is 0 Å². The molecule has 3 aromatic carbocycles. The number of sulfonamides is 2. The molecule has 5 nitrogen and oxygen atoms in total. The fourth-order valence-corrected chi connectivity index (χ4v) is 13.4. The highest BCUT2D eigenvalue weighted by molar-refractivity contribution is 8.41. The van der Waals surface area contributed by atoms with Crippen molar-refractivity contribution in [3.8, 4) is 0 Å². The molecule has 0 amide bonds. The highest BCUT2D eigenvalue weighted by atomic mass is 32.4. The highest BCUT2D eigenvalue weighted by Crippen LogP contribution is 2.74. The number of halogens is 10. The lowest BCUT2D eigenvalue weighted by Crippen LogP contribution is -2.59. The van der Waals surface area contributed by atoms with Crippen LogP contribution in [0.4, 0.5) is 43.9 Å². The van der Waals surface area contributed by atoms with E-state index in [2.05, 4.69) is 0 Å². The van der Waals surface area contributed by atoms with Crippen molar-refractivity contribution in [2.24, 2.45) is 0 Å². The van der Waals surface area contributed by atoms with E-state index in [-0.39, 0.29) is 0 Å². The molecule has 0 bridgehead atoms. The molecule has 220 valence electrons. The molecular formula is C22H15F10NO4S3. The molecule has 0 heterocycles. The first kappa shape index (κ1) is 31.7. The predicted octanol–water partition coefficient (Wildman–Crippen LogP) is 7.16. The average molecular weight is 644 g/mol. The van der Waals surface area contributed by atoms with Crippen LogP contribution in [-0.4, -0.2) is 42.8 Å². The van der Waals surface area contributed by atoms with Crippen LogP contribution < -0.4 is 0 Å². The topological polar surface area (TPSA) is 71.5 Å². The van der Waals surface area contributed by atoms with Gasteiger partial charge in [-0.15, -0.1) is 0 Å². The van der Waals surface area contributed by atoms with Crippen molar-refractivity contribution in [3.63, 3.8) is 0 Å². The van der Waals surface area contributed by atoms with E-state index in [9.17, 15) is 60.7 Å². The molecule has 40 heavy (non-hydrogen) atoms. The van der Waals surface area contributed by atoms with Crippen LogP contribution in [0.1, 0.15) is 0 Å². The molecule has 0 saturated heterocycles. The van der Waals surface area contributed by atoms with Crippen LogP contribution >= 0.6 is 10.2 Å². The van der Waals surface area contributed by atoms with Crippen molar-refractivity contribution in [1.29, 1.82) is 0 Å². The molecule has 0 aromatic heterocycles. The number of hydrogen-bond donors (Lipinski definition) is 0. The van der Waals surface area contributed by atoms with Crippen molar-refractivity contribution in [1.82, 2.24) is 3.12 Å². The molecule has 0 spiro atoms. The summed E-state index contributed by atoms with van der Waals surface area (Å²) in [5, 5.41) is -14.3.